The molecule has 0 fully saturated rings. The van der Waals surface area contributed by atoms with E-state index in [1.54, 1.807) is 12.1 Å². The Hall–Kier alpha value is -1.44. The van der Waals surface area contributed by atoms with Gasteiger partial charge in [-0.1, -0.05) is 30.3 Å². The molecular formula is C12H10F2. The summed E-state index contributed by atoms with van der Waals surface area (Å²) in [5.41, 5.74) is 1.12. The minimum absolute atomic E-state index is 0.0896. The molecule has 2 aromatic carbocycles. The molecule has 0 nitrogen and oxygen atoms in total. The highest BCUT2D eigenvalue weighted by Gasteiger charge is 2.07. The molecule has 0 heterocycles. The van der Waals surface area contributed by atoms with E-state index in [2.05, 4.69) is 0 Å². The highest BCUT2D eigenvalue weighted by atomic mass is 19.3. The van der Waals surface area contributed by atoms with Crippen LogP contribution in [0.3, 0.4) is 0 Å². The van der Waals surface area contributed by atoms with Gasteiger partial charge in [0, 0.05) is 5.56 Å². The first-order chi connectivity index (χ1) is 6.68. The number of aryl methyl sites for hydroxylation is 1. The number of hydrogen-bond donors (Lipinski definition) is 0. The van der Waals surface area contributed by atoms with Crippen LogP contribution in [0.2, 0.25) is 0 Å². The van der Waals surface area contributed by atoms with Crippen molar-refractivity contribution in [2.24, 2.45) is 0 Å². The molecule has 0 unspecified atom stereocenters. The number of halogens is 2. The summed E-state index contributed by atoms with van der Waals surface area (Å²) < 4.78 is 24.9. The van der Waals surface area contributed by atoms with Crippen LogP contribution in [0.5, 0.6) is 0 Å². The van der Waals surface area contributed by atoms with Crippen molar-refractivity contribution in [3.63, 3.8) is 0 Å². The SMILES string of the molecule is Cc1cccc2ccc(C(F)F)cc12. The number of fused-ring (bicyclic) bond motifs is 1. The van der Waals surface area contributed by atoms with Gasteiger partial charge in [0.2, 0.25) is 0 Å². The Kier molecular flexibility index (Phi) is 2.20. The zero-order valence-corrected chi connectivity index (χ0v) is 7.80. The Morgan fingerprint density at radius 3 is 2.57 bits per heavy atom. The topological polar surface area (TPSA) is 0 Å². The summed E-state index contributed by atoms with van der Waals surface area (Å²) in [7, 11) is 0. The van der Waals surface area contributed by atoms with Crippen molar-refractivity contribution in [2.75, 3.05) is 0 Å². The lowest BCUT2D eigenvalue weighted by atomic mass is 10.0. The molecule has 0 saturated heterocycles. The zero-order valence-electron chi connectivity index (χ0n) is 7.80. The summed E-state index contributed by atoms with van der Waals surface area (Å²) in [6.07, 6.45) is -2.39. The van der Waals surface area contributed by atoms with Crippen molar-refractivity contribution in [1.82, 2.24) is 0 Å². The molecule has 0 aliphatic rings. The molecule has 0 aliphatic heterocycles. The van der Waals surface area contributed by atoms with Gasteiger partial charge in [0.15, 0.2) is 0 Å². The van der Waals surface area contributed by atoms with E-state index in [9.17, 15) is 8.78 Å². The number of alkyl halides is 2. The Balaban J connectivity index is 2.70. The molecule has 2 aromatic rings. The van der Waals surface area contributed by atoms with Crippen molar-refractivity contribution < 1.29 is 8.78 Å². The fourth-order valence-corrected chi connectivity index (χ4v) is 1.58. The van der Waals surface area contributed by atoms with Gasteiger partial charge < -0.3 is 0 Å². The summed E-state index contributed by atoms with van der Waals surface area (Å²) in [6.45, 7) is 1.93. The maximum atomic E-state index is 12.4. The smallest absolute Gasteiger partial charge is 0.205 e. The van der Waals surface area contributed by atoms with Crippen LogP contribution in [0.15, 0.2) is 36.4 Å². The van der Waals surface area contributed by atoms with E-state index in [-0.39, 0.29) is 5.56 Å². The predicted octanol–water partition coefficient (Wildman–Crippen LogP) is 4.09. The average Bonchev–Trinajstić information content (AvgIpc) is 2.18. The second-order valence-electron chi connectivity index (χ2n) is 3.36. The summed E-state index contributed by atoms with van der Waals surface area (Å²) in [4.78, 5) is 0. The molecule has 14 heavy (non-hydrogen) atoms. The predicted molar refractivity (Wildman–Crippen MR) is 53.6 cm³/mol. The van der Waals surface area contributed by atoms with E-state index in [1.165, 1.54) is 6.07 Å². The van der Waals surface area contributed by atoms with Crippen LogP contribution in [-0.2, 0) is 0 Å². The van der Waals surface area contributed by atoms with Crippen molar-refractivity contribution in [2.45, 2.75) is 13.3 Å². The van der Waals surface area contributed by atoms with Crippen molar-refractivity contribution in [3.05, 3.63) is 47.5 Å². The van der Waals surface area contributed by atoms with Crippen LogP contribution >= 0.6 is 0 Å². The molecule has 0 radical (unpaired) electrons. The van der Waals surface area contributed by atoms with Crippen LogP contribution in [-0.4, -0.2) is 0 Å². The Labute approximate surface area is 81.2 Å². The van der Waals surface area contributed by atoms with Gasteiger partial charge in [-0.2, -0.15) is 0 Å². The largest absolute Gasteiger partial charge is 0.263 e. The first-order valence-electron chi connectivity index (χ1n) is 4.46. The minimum Gasteiger partial charge on any atom is -0.205 e. The third kappa shape index (κ3) is 1.48. The first kappa shape index (κ1) is 9.13. The molecule has 0 atom stereocenters. The molecule has 72 valence electrons. The van der Waals surface area contributed by atoms with E-state index >= 15 is 0 Å². The molecule has 0 N–H and O–H groups in total. The van der Waals surface area contributed by atoms with E-state index in [1.807, 2.05) is 25.1 Å². The Morgan fingerprint density at radius 1 is 1.07 bits per heavy atom. The molecule has 0 bridgehead atoms. The highest BCUT2D eigenvalue weighted by molar-refractivity contribution is 5.86. The summed E-state index contributed by atoms with van der Waals surface area (Å²) in [5.74, 6) is 0. The van der Waals surface area contributed by atoms with Crippen molar-refractivity contribution in [3.8, 4) is 0 Å². The molecular weight excluding hydrogens is 182 g/mol. The van der Waals surface area contributed by atoms with Gasteiger partial charge in [0.1, 0.15) is 0 Å². The normalized spacial score (nSPS) is 11.1. The van der Waals surface area contributed by atoms with E-state index in [0.717, 1.165) is 16.3 Å². The van der Waals surface area contributed by atoms with Crippen LogP contribution in [0.4, 0.5) is 8.78 Å². The summed E-state index contributed by atoms with van der Waals surface area (Å²) in [5, 5.41) is 1.92. The molecule has 2 rings (SSSR count). The molecule has 0 saturated carbocycles. The maximum absolute atomic E-state index is 12.4. The lowest BCUT2D eigenvalue weighted by Crippen LogP contribution is -1.85. The maximum Gasteiger partial charge on any atom is 0.263 e. The molecule has 0 aliphatic carbocycles. The van der Waals surface area contributed by atoms with Crippen LogP contribution in [0.1, 0.15) is 17.6 Å². The van der Waals surface area contributed by atoms with E-state index < -0.39 is 6.43 Å². The lowest BCUT2D eigenvalue weighted by molar-refractivity contribution is 0.151. The molecule has 0 aromatic heterocycles. The van der Waals surface area contributed by atoms with Gasteiger partial charge in [-0.25, -0.2) is 8.78 Å². The second kappa shape index (κ2) is 3.37. The first-order valence-corrected chi connectivity index (χ1v) is 4.46. The minimum atomic E-state index is -2.39. The van der Waals surface area contributed by atoms with Gasteiger partial charge in [0.05, 0.1) is 0 Å². The Morgan fingerprint density at radius 2 is 1.86 bits per heavy atom. The summed E-state index contributed by atoms with van der Waals surface area (Å²) in [6, 6.07) is 10.6. The quantitative estimate of drug-likeness (QED) is 0.638. The average molecular weight is 192 g/mol. The van der Waals surface area contributed by atoms with E-state index in [0.29, 0.717) is 0 Å². The monoisotopic (exact) mass is 192 g/mol. The van der Waals surface area contributed by atoms with Crippen LogP contribution < -0.4 is 0 Å². The summed E-state index contributed by atoms with van der Waals surface area (Å²) >= 11 is 0. The Bertz CT molecular complexity index is 461. The van der Waals surface area contributed by atoms with Crippen molar-refractivity contribution in [1.29, 1.82) is 0 Å². The van der Waals surface area contributed by atoms with Gasteiger partial charge in [-0.05, 0) is 29.3 Å². The van der Waals surface area contributed by atoms with Gasteiger partial charge >= 0.3 is 0 Å². The van der Waals surface area contributed by atoms with Gasteiger partial charge in [-0.15, -0.1) is 0 Å². The van der Waals surface area contributed by atoms with Gasteiger partial charge in [0.25, 0.3) is 6.43 Å². The van der Waals surface area contributed by atoms with Crippen LogP contribution in [0.25, 0.3) is 10.8 Å². The highest BCUT2D eigenvalue weighted by Crippen LogP contribution is 2.25. The van der Waals surface area contributed by atoms with Crippen LogP contribution in [0, 0.1) is 6.92 Å². The fraction of sp³-hybridized carbons (Fsp3) is 0.167. The van der Waals surface area contributed by atoms with E-state index in [4.69, 9.17) is 0 Å². The third-order valence-corrected chi connectivity index (χ3v) is 2.38. The zero-order chi connectivity index (χ0) is 10.1. The second-order valence-corrected chi connectivity index (χ2v) is 3.36. The standard InChI is InChI=1S/C12H10F2/c1-8-3-2-4-9-5-6-10(12(13)14)7-11(8)9/h2-7,12H,1H3. The van der Waals surface area contributed by atoms with Crippen molar-refractivity contribution >= 4 is 10.8 Å². The number of hydrogen-bond acceptors (Lipinski definition) is 0. The number of benzene rings is 2. The molecule has 0 spiro atoms. The third-order valence-electron chi connectivity index (χ3n) is 2.38. The molecule has 0 amide bonds. The van der Waals surface area contributed by atoms with Gasteiger partial charge in [-0.3, -0.25) is 0 Å². The lowest BCUT2D eigenvalue weighted by Gasteiger charge is -2.04. The fourth-order valence-electron chi connectivity index (χ4n) is 1.58. The number of rotatable bonds is 1. The molecule has 2 heteroatoms.